The first kappa shape index (κ1) is 6.61. The largest absolute Gasteiger partial charge is 0.510 e. The van der Waals surface area contributed by atoms with Crippen LogP contribution in [0, 0.1) is 0 Å². The van der Waals surface area contributed by atoms with Crippen molar-refractivity contribution in [3.63, 3.8) is 0 Å². The zero-order valence-corrected chi connectivity index (χ0v) is 6.20. The first-order valence-corrected chi connectivity index (χ1v) is 3.23. The van der Waals surface area contributed by atoms with E-state index < -0.39 is 6.08 Å². The highest BCUT2D eigenvalue weighted by Crippen LogP contribution is 2.17. The second-order valence-corrected chi connectivity index (χ2v) is 2.22. The lowest BCUT2D eigenvalue weighted by molar-refractivity contribution is -0.105. The van der Waals surface area contributed by atoms with Crippen LogP contribution in [0.5, 0.6) is 0 Å². The lowest BCUT2D eigenvalue weighted by atomic mass is 10.0. The van der Waals surface area contributed by atoms with Crippen LogP contribution < -0.4 is 0 Å². The number of aliphatic hydroxyl groups is 1. The SMILES string of the molecule is [2H]C1(OC)CC(C=O)=CC=C1O. The van der Waals surface area contributed by atoms with Gasteiger partial charge in [0.15, 0.2) is 0 Å². The number of aliphatic hydroxyl groups excluding tert-OH is 1. The van der Waals surface area contributed by atoms with Crippen molar-refractivity contribution in [3.05, 3.63) is 23.5 Å². The molecule has 1 N–H and O–H groups in total. The molecule has 0 amide bonds. The summed E-state index contributed by atoms with van der Waals surface area (Å²) < 4.78 is 12.3. The van der Waals surface area contributed by atoms with Crippen LogP contribution in [-0.2, 0) is 9.53 Å². The molecule has 1 rings (SSSR count). The molecule has 60 valence electrons. The summed E-state index contributed by atoms with van der Waals surface area (Å²) in [4.78, 5) is 10.4. The summed E-state index contributed by atoms with van der Waals surface area (Å²) in [5.74, 6) is -0.171. The Hall–Kier alpha value is -1.09. The fourth-order valence-electron chi connectivity index (χ4n) is 0.871. The van der Waals surface area contributed by atoms with Gasteiger partial charge >= 0.3 is 0 Å². The average Bonchev–Trinajstić information content (AvgIpc) is 2.10. The number of hydrogen-bond acceptors (Lipinski definition) is 3. The van der Waals surface area contributed by atoms with E-state index in [1.807, 2.05) is 0 Å². The lowest BCUT2D eigenvalue weighted by Gasteiger charge is -2.16. The van der Waals surface area contributed by atoms with Gasteiger partial charge in [0.2, 0.25) is 0 Å². The molecule has 3 nitrogen and oxygen atoms in total. The van der Waals surface area contributed by atoms with Crippen molar-refractivity contribution < 1.29 is 16.0 Å². The number of rotatable bonds is 2. The van der Waals surface area contributed by atoms with Crippen LogP contribution in [0.4, 0.5) is 0 Å². The van der Waals surface area contributed by atoms with Crippen LogP contribution in [0.2, 0.25) is 0 Å². The molecule has 0 spiro atoms. The van der Waals surface area contributed by atoms with Crippen molar-refractivity contribution in [1.82, 2.24) is 0 Å². The Bertz CT molecular complexity index is 257. The first-order chi connectivity index (χ1) is 5.62. The van der Waals surface area contributed by atoms with Gasteiger partial charge in [-0.3, -0.25) is 4.79 Å². The van der Waals surface area contributed by atoms with E-state index >= 15 is 0 Å². The van der Waals surface area contributed by atoms with Crippen LogP contribution in [0.1, 0.15) is 7.79 Å². The molecule has 11 heavy (non-hydrogen) atoms. The highest BCUT2D eigenvalue weighted by atomic mass is 16.5. The van der Waals surface area contributed by atoms with Crippen molar-refractivity contribution in [2.24, 2.45) is 0 Å². The van der Waals surface area contributed by atoms with E-state index in [1.54, 1.807) is 0 Å². The molecule has 0 radical (unpaired) electrons. The minimum absolute atomic E-state index is 0.0926. The average molecular weight is 155 g/mol. The predicted molar refractivity (Wildman–Crippen MR) is 40.3 cm³/mol. The molecule has 0 aromatic carbocycles. The van der Waals surface area contributed by atoms with E-state index in [0.717, 1.165) is 0 Å². The number of methoxy groups -OCH3 is 1. The fourth-order valence-corrected chi connectivity index (χ4v) is 0.871. The molecule has 0 aromatic heterocycles. The van der Waals surface area contributed by atoms with Crippen molar-refractivity contribution >= 4 is 6.29 Å². The summed E-state index contributed by atoms with van der Waals surface area (Å²) in [5, 5.41) is 9.23. The first-order valence-electron chi connectivity index (χ1n) is 3.73. The van der Waals surface area contributed by atoms with Gasteiger partial charge < -0.3 is 9.84 Å². The van der Waals surface area contributed by atoms with Gasteiger partial charge in [-0.2, -0.15) is 0 Å². The van der Waals surface area contributed by atoms with Crippen molar-refractivity contribution in [2.45, 2.75) is 12.5 Å². The third-order valence-corrected chi connectivity index (χ3v) is 1.50. The predicted octanol–water partition coefficient (Wildman–Crippen LogP) is 0.972. The standard InChI is InChI=1S/C8H10O3/c1-11-8-4-6(5-9)2-3-7(8)10/h2-3,5,8,10H,4H2,1H3/i8D. The van der Waals surface area contributed by atoms with E-state index in [-0.39, 0.29) is 12.2 Å². The molecule has 0 saturated heterocycles. The Morgan fingerprint density at radius 1 is 1.91 bits per heavy atom. The summed E-state index contributed by atoms with van der Waals surface area (Å²) >= 11 is 0. The number of allylic oxidation sites excluding steroid dienone is 2. The smallest absolute Gasteiger partial charge is 0.146 e. The summed E-state index contributed by atoms with van der Waals surface area (Å²) in [5.41, 5.74) is 0.449. The normalized spacial score (nSPS) is 31.9. The van der Waals surface area contributed by atoms with Gasteiger partial charge in [-0.25, -0.2) is 0 Å². The van der Waals surface area contributed by atoms with Gasteiger partial charge in [-0.15, -0.1) is 0 Å². The Labute approximate surface area is 66.4 Å². The third-order valence-electron chi connectivity index (χ3n) is 1.50. The molecule has 1 aliphatic carbocycles. The van der Waals surface area contributed by atoms with E-state index in [4.69, 9.17) is 6.11 Å². The summed E-state index contributed by atoms with van der Waals surface area (Å²) in [6.45, 7) is 0. The molecule has 0 aliphatic heterocycles. The number of carbonyl (C=O) groups is 1. The molecule has 1 aliphatic rings. The zero-order valence-electron chi connectivity index (χ0n) is 7.20. The van der Waals surface area contributed by atoms with Crippen LogP contribution in [0.15, 0.2) is 23.5 Å². The molecular weight excluding hydrogens is 144 g/mol. The Morgan fingerprint density at radius 3 is 3.18 bits per heavy atom. The van der Waals surface area contributed by atoms with E-state index in [9.17, 15) is 9.90 Å². The van der Waals surface area contributed by atoms with Crippen LogP contribution in [0.3, 0.4) is 0 Å². The molecular formula is C8H10O3. The highest BCUT2D eigenvalue weighted by Gasteiger charge is 2.17. The molecule has 0 bridgehead atoms. The van der Waals surface area contributed by atoms with Gasteiger partial charge in [0.05, 0.1) is 1.37 Å². The summed E-state index contributed by atoms with van der Waals surface area (Å²) in [6.07, 6.45) is 2.06. The van der Waals surface area contributed by atoms with Crippen molar-refractivity contribution in [1.29, 1.82) is 0 Å². The van der Waals surface area contributed by atoms with Crippen molar-refractivity contribution in [2.75, 3.05) is 7.11 Å². The van der Waals surface area contributed by atoms with Gasteiger partial charge in [0, 0.05) is 13.5 Å². The molecule has 0 saturated carbocycles. The van der Waals surface area contributed by atoms with E-state index in [0.29, 0.717) is 11.9 Å². The number of ether oxygens (including phenoxy) is 1. The molecule has 0 aromatic rings. The Kier molecular flexibility index (Phi) is 2.01. The number of aldehydes is 1. The van der Waals surface area contributed by atoms with Crippen molar-refractivity contribution in [3.8, 4) is 0 Å². The quantitative estimate of drug-likeness (QED) is 0.604. The van der Waals surface area contributed by atoms with Gasteiger partial charge in [0.1, 0.15) is 18.1 Å². The van der Waals surface area contributed by atoms with Gasteiger partial charge in [0.25, 0.3) is 0 Å². The maximum Gasteiger partial charge on any atom is 0.146 e. The van der Waals surface area contributed by atoms with Gasteiger partial charge in [-0.1, -0.05) is 6.08 Å². The number of hydrogen-bond donors (Lipinski definition) is 1. The monoisotopic (exact) mass is 155 g/mol. The fraction of sp³-hybridized carbons (Fsp3) is 0.375. The highest BCUT2D eigenvalue weighted by molar-refractivity contribution is 5.74. The molecule has 1 unspecified atom stereocenters. The van der Waals surface area contributed by atoms with Gasteiger partial charge in [-0.05, 0) is 11.6 Å². The lowest BCUT2D eigenvalue weighted by Crippen LogP contribution is -2.17. The maximum absolute atomic E-state index is 10.4. The van der Waals surface area contributed by atoms with E-state index in [2.05, 4.69) is 0 Å². The molecule has 0 heterocycles. The Balaban J connectivity index is 2.93. The van der Waals surface area contributed by atoms with Crippen LogP contribution >= 0.6 is 0 Å². The minimum atomic E-state index is -1.48. The third kappa shape index (κ3) is 1.68. The minimum Gasteiger partial charge on any atom is -0.510 e. The maximum atomic E-state index is 10.4. The Morgan fingerprint density at radius 2 is 2.64 bits per heavy atom. The summed E-state index contributed by atoms with van der Waals surface area (Å²) in [7, 11) is 1.32. The van der Waals surface area contributed by atoms with Crippen LogP contribution in [0.25, 0.3) is 0 Å². The van der Waals surface area contributed by atoms with E-state index in [1.165, 1.54) is 19.3 Å². The molecule has 3 heteroatoms. The second-order valence-electron chi connectivity index (χ2n) is 2.22. The number of carbonyl (C=O) groups excluding carboxylic acids is 1. The second kappa shape index (κ2) is 3.34. The zero-order chi connectivity index (χ0) is 9.19. The molecule has 1 atom stereocenters. The summed E-state index contributed by atoms with van der Waals surface area (Å²) in [6, 6.07) is 0. The molecule has 0 fully saturated rings. The topological polar surface area (TPSA) is 46.5 Å². The van der Waals surface area contributed by atoms with Crippen LogP contribution in [-0.4, -0.2) is 24.6 Å².